The molecule has 1 unspecified atom stereocenters. The lowest BCUT2D eigenvalue weighted by Gasteiger charge is -2.16. The average molecular weight is 362 g/mol. The number of hydrogen-bond donors (Lipinski definition) is 1. The van der Waals surface area contributed by atoms with E-state index in [1.165, 1.54) is 0 Å². The summed E-state index contributed by atoms with van der Waals surface area (Å²) >= 11 is 3.47. The number of nitrogens with one attached hydrogen (secondary N) is 1. The summed E-state index contributed by atoms with van der Waals surface area (Å²) in [4.78, 5) is 12.4. The summed E-state index contributed by atoms with van der Waals surface area (Å²) in [5, 5.41) is 3.04. The fraction of sp³-hybridized carbons (Fsp3) is 0.278. The molecule has 1 atom stereocenters. The quantitative estimate of drug-likeness (QED) is 0.866. The van der Waals surface area contributed by atoms with Crippen molar-refractivity contribution in [3.05, 3.63) is 63.1 Å². The van der Waals surface area contributed by atoms with Crippen LogP contribution >= 0.6 is 15.9 Å². The number of methoxy groups -OCH3 is 1. The van der Waals surface area contributed by atoms with Gasteiger partial charge in [0, 0.05) is 5.56 Å². The van der Waals surface area contributed by atoms with Gasteiger partial charge in [0.1, 0.15) is 5.75 Å². The van der Waals surface area contributed by atoms with E-state index in [-0.39, 0.29) is 11.9 Å². The number of carbonyl (C=O) groups is 1. The summed E-state index contributed by atoms with van der Waals surface area (Å²) in [6.07, 6.45) is 0. The Kier molecular flexibility index (Phi) is 5.24. The van der Waals surface area contributed by atoms with E-state index in [9.17, 15) is 4.79 Å². The number of benzene rings is 2. The standard InChI is InChI=1S/C18H20BrNO2/c1-11-5-7-15(12(2)9-11)18(21)20-13(3)14-6-8-17(22-4)16(19)10-14/h5-10,13H,1-4H3,(H,20,21). The van der Waals surface area contributed by atoms with Crippen LogP contribution in [0.25, 0.3) is 0 Å². The number of halogens is 1. The topological polar surface area (TPSA) is 38.3 Å². The van der Waals surface area contributed by atoms with Crippen LogP contribution in [0, 0.1) is 13.8 Å². The third-order valence-corrected chi connectivity index (χ3v) is 4.27. The highest BCUT2D eigenvalue weighted by atomic mass is 79.9. The Labute approximate surface area is 139 Å². The number of hydrogen-bond acceptors (Lipinski definition) is 2. The first-order chi connectivity index (χ1) is 10.4. The summed E-state index contributed by atoms with van der Waals surface area (Å²) in [6, 6.07) is 11.6. The molecule has 0 aromatic heterocycles. The number of carbonyl (C=O) groups excluding carboxylic acids is 1. The van der Waals surface area contributed by atoms with Gasteiger partial charge in [0.25, 0.3) is 5.91 Å². The molecule has 1 N–H and O–H groups in total. The Morgan fingerprint density at radius 2 is 1.91 bits per heavy atom. The lowest BCUT2D eigenvalue weighted by molar-refractivity contribution is 0.0939. The van der Waals surface area contributed by atoms with E-state index in [0.717, 1.165) is 26.9 Å². The van der Waals surface area contributed by atoms with Gasteiger partial charge in [-0.25, -0.2) is 0 Å². The third-order valence-electron chi connectivity index (χ3n) is 3.65. The van der Waals surface area contributed by atoms with Gasteiger partial charge in [-0.15, -0.1) is 0 Å². The second-order valence-corrected chi connectivity index (χ2v) is 6.26. The molecule has 116 valence electrons. The van der Waals surface area contributed by atoms with Crippen molar-refractivity contribution >= 4 is 21.8 Å². The second kappa shape index (κ2) is 6.97. The van der Waals surface area contributed by atoms with Gasteiger partial charge in [-0.05, 0) is 66.0 Å². The zero-order valence-electron chi connectivity index (χ0n) is 13.2. The molecule has 0 aliphatic carbocycles. The van der Waals surface area contributed by atoms with Crippen LogP contribution in [0.1, 0.15) is 40.0 Å². The van der Waals surface area contributed by atoms with Crippen LogP contribution in [0.2, 0.25) is 0 Å². The van der Waals surface area contributed by atoms with Gasteiger partial charge >= 0.3 is 0 Å². The molecule has 22 heavy (non-hydrogen) atoms. The lowest BCUT2D eigenvalue weighted by Crippen LogP contribution is -2.27. The largest absolute Gasteiger partial charge is 0.496 e. The molecule has 2 aromatic carbocycles. The maximum Gasteiger partial charge on any atom is 0.252 e. The average Bonchev–Trinajstić information content (AvgIpc) is 2.46. The maximum absolute atomic E-state index is 12.4. The van der Waals surface area contributed by atoms with Crippen LogP contribution in [-0.4, -0.2) is 13.0 Å². The Hall–Kier alpha value is -1.81. The second-order valence-electron chi connectivity index (χ2n) is 5.41. The van der Waals surface area contributed by atoms with Gasteiger partial charge in [-0.1, -0.05) is 23.8 Å². The van der Waals surface area contributed by atoms with E-state index in [1.807, 2.05) is 57.2 Å². The van der Waals surface area contributed by atoms with Gasteiger partial charge in [0.2, 0.25) is 0 Å². The molecule has 0 saturated carbocycles. The van der Waals surface area contributed by atoms with E-state index in [2.05, 4.69) is 21.2 Å². The molecule has 0 aliphatic heterocycles. The lowest BCUT2D eigenvalue weighted by atomic mass is 10.0. The predicted octanol–water partition coefficient (Wildman–Crippen LogP) is 4.57. The molecule has 1 amide bonds. The van der Waals surface area contributed by atoms with Gasteiger partial charge in [0.05, 0.1) is 17.6 Å². The molecule has 0 heterocycles. The molecular formula is C18H20BrNO2. The number of aryl methyl sites for hydroxylation is 2. The van der Waals surface area contributed by atoms with Gasteiger partial charge in [0.15, 0.2) is 0 Å². The Morgan fingerprint density at radius 1 is 1.18 bits per heavy atom. The molecule has 0 fully saturated rings. The van der Waals surface area contributed by atoms with Gasteiger partial charge in [-0.3, -0.25) is 4.79 Å². The van der Waals surface area contributed by atoms with Crippen molar-refractivity contribution in [2.24, 2.45) is 0 Å². The Balaban J connectivity index is 2.15. The van der Waals surface area contributed by atoms with Gasteiger partial charge in [-0.2, -0.15) is 0 Å². The minimum atomic E-state index is -0.0876. The summed E-state index contributed by atoms with van der Waals surface area (Å²) < 4.78 is 6.10. The van der Waals surface area contributed by atoms with Crippen LogP contribution in [0.15, 0.2) is 40.9 Å². The molecule has 4 heteroatoms. The molecule has 0 saturated heterocycles. The van der Waals surface area contributed by atoms with Crippen LogP contribution in [-0.2, 0) is 0 Å². The molecule has 0 aliphatic rings. The summed E-state index contributed by atoms with van der Waals surface area (Å²) in [5.41, 5.74) is 3.87. The Bertz CT molecular complexity index is 697. The van der Waals surface area contributed by atoms with Crippen molar-refractivity contribution in [3.63, 3.8) is 0 Å². The first kappa shape index (κ1) is 16.6. The maximum atomic E-state index is 12.4. The number of amides is 1. The van der Waals surface area contributed by atoms with Crippen molar-refractivity contribution in [3.8, 4) is 5.75 Å². The normalized spacial score (nSPS) is 11.9. The zero-order chi connectivity index (χ0) is 16.3. The minimum Gasteiger partial charge on any atom is -0.496 e. The van der Waals surface area contributed by atoms with Crippen molar-refractivity contribution in [1.29, 1.82) is 0 Å². The van der Waals surface area contributed by atoms with Crippen LogP contribution in [0.3, 0.4) is 0 Å². The fourth-order valence-electron chi connectivity index (χ4n) is 2.38. The van der Waals surface area contributed by atoms with E-state index in [0.29, 0.717) is 5.56 Å². The van der Waals surface area contributed by atoms with Crippen LogP contribution < -0.4 is 10.1 Å². The van der Waals surface area contributed by atoms with Crippen molar-refractivity contribution < 1.29 is 9.53 Å². The highest BCUT2D eigenvalue weighted by molar-refractivity contribution is 9.10. The summed E-state index contributed by atoms with van der Waals surface area (Å²) in [6.45, 7) is 5.94. The molecule has 2 rings (SSSR count). The van der Waals surface area contributed by atoms with E-state index in [1.54, 1.807) is 7.11 Å². The van der Waals surface area contributed by atoms with Crippen molar-refractivity contribution in [1.82, 2.24) is 5.32 Å². The summed E-state index contributed by atoms with van der Waals surface area (Å²) in [7, 11) is 1.63. The fourth-order valence-corrected chi connectivity index (χ4v) is 2.94. The Morgan fingerprint density at radius 3 is 2.50 bits per heavy atom. The molecule has 3 nitrogen and oxygen atoms in total. The molecule has 0 bridgehead atoms. The van der Waals surface area contributed by atoms with E-state index >= 15 is 0 Å². The smallest absolute Gasteiger partial charge is 0.252 e. The zero-order valence-corrected chi connectivity index (χ0v) is 14.8. The third kappa shape index (κ3) is 3.69. The first-order valence-electron chi connectivity index (χ1n) is 7.14. The number of ether oxygens (including phenoxy) is 1. The van der Waals surface area contributed by atoms with E-state index < -0.39 is 0 Å². The van der Waals surface area contributed by atoms with Crippen molar-refractivity contribution in [2.75, 3.05) is 7.11 Å². The molecule has 0 spiro atoms. The van der Waals surface area contributed by atoms with E-state index in [4.69, 9.17) is 4.74 Å². The molecule has 2 aromatic rings. The highest BCUT2D eigenvalue weighted by Gasteiger charge is 2.14. The van der Waals surface area contributed by atoms with Crippen LogP contribution in [0.4, 0.5) is 0 Å². The van der Waals surface area contributed by atoms with Crippen LogP contribution in [0.5, 0.6) is 5.75 Å². The van der Waals surface area contributed by atoms with Crippen molar-refractivity contribution in [2.45, 2.75) is 26.8 Å². The number of rotatable bonds is 4. The van der Waals surface area contributed by atoms with Gasteiger partial charge < -0.3 is 10.1 Å². The molecule has 0 radical (unpaired) electrons. The minimum absolute atomic E-state index is 0.0584. The first-order valence-corrected chi connectivity index (χ1v) is 7.93. The predicted molar refractivity (Wildman–Crippen MR) is 92.5 cm³/mol. The highest BCUT2D eigenvalue weighted by Crippen LogP contribution is 2.28. The monoisotopic (exact) mass is 361 g/mol. The summed E-state index contributed by atoms with van der Waals surface area (Å²) in [5.74, 6) is 0.716. The SMILES string of the molecule is COc1ccc(C(C)NC(=O)c2ccc(C)cc2C)cc1Br. The molecular weight excluding hydrogens is 342 g/mol.